The van der Waals surface area contributed by atoms with Crippen LogP contribution >= 0.6 is 0 Å². The SMILES string of the molecule is COC(=O)c1ccc2c(=O)c(-c3ccc4c(c3)OCCCO4)c(C)oc2c1. The monoisotopic (exact) mass is 366 g/mol. The van der Waals surface area contributed by atoms with Crippen molar-refractivity contribution in [3.63, 3.8) is 0 Å². The molecule has 3 aromatic rings. The van der Waals surface area contributed by atoms with Gasteiger partial charge in [0.25, 0.3) is 0 Å². The first-order valence-electron chi connectivity index (χ1n) is 8.64. The molecule has 0 spiro atoms. The number of benzene rings is 2. The van der Waals surface area contributed by atoms with Gasteiger partial charge in [-0.2, -0.15) is 0 Å². The largest absolute Gasteiger partial charge is 0.490 e. The summed E-state index contributed by atoms with van der Waals surface area (Å²) in [7, 11) is 1.31. The van der Waals surface area contributed by atoms with Gasteiger partial charge in [-0.1, -0.05) is 6.07 Å². The molecule has 4 rings (SSSR count). The molecule has 0 aliphatic carbocycles. The summed E-state index contributed by atoms with van der Waals surface area (Å²) < 4.78 is 21.9. The normalized spacial score (nSPS) is 13.3. The smallest absolute Gasteiger partial charge is 0.337 e. The number of fused-ring (bicyclic) bond motifs is 2. The number of hydrogen-bond donors (Lipinski definition) is 0. The average Bonchev–Trinajstić information content (AvgIpc) is 2.92. The van der Waals surface area contributed by atoms with Crippen molar-refractivity contribution in [2.75, 3.05) is 20.3 Å². The Hall–Kier alpha value is -3.28. The van der Waals surface area contributed by atoms with E-state index in [1.165, 1.54) is 13.2 Å². The average molecular weight is 366 g/mol. The molecule has 0 unspecified atom stereocenters. The van der Waals surface area contributed by atoms with E-state index in [0.717, 1.165) is 6.42 Å². The maximum absolute atomic E-state index is 13.1. The summed E-state index contributed by atoms with van der Waals surface area (Å²) in [6.07, 6.45) is 0.809. The summed E-state index contributed by atoms with van der Waals surface area (Å²) in [6.45, 7) is 2.90. The predicted octanol–water partition coefficient (Wildman–Crippen LogP) is 3.72. The van der Waals surface area contributed by atoms with Crippen LogP contribution in [0.2, 0.25) is 0 Å². The van der Waals surface area contributed by atoms with Crippen molar-refractivity contribution in [1.29, 1.82) is 0 Å². The number of carbonyl (C=O) groups excluding carboxylic acids is 1. The molecule has 27 heavy (non-hydrogen) atoms. The fraction of sp³-hybridized carbons (Fsp3) is 0.238. The standard InChI is InChI=1S/C21H18O6/c1-12-19(13-5-7-16-18(10-13)26-9-3-8-25-16)20(22)15-6-4-14(21(23)24-2)11-17(15)27-12/h4-7,10-11H,3,8-9H2,1-2H3. The Morgan fingerprint density at radius 2 is 1.81 bits per heavy atom. The lowest BCUT2D eigenvalue weighted by Gasteiger charge is -2.11. The van der Waals surface area contributed by atoms with E-state index in [-0.39, 0.29) is 5.43 Å². The Morgan fingerprint density at radius 1 is 1.04 bits per heavy atom. The highest BCUT2D eigenvalue weighted by Gasteiger charge is 2.18. The van der Waals surface area contributed by atoms with Crippen molar-refractivity contribution in [3.8, 4) is 22.6 Å². The second-order valence-corrected chi connectivity index (χ2v) is 6.28. The Labute approximate surface area is 155 Å². The Bertz CT molecular complexity index is 1100. The van der Waals surface area contributed by atoms with Crippen molar-refractivity contribution in [1.82, 2.24) is 0 Å². The van der Waals surface area contributed by atoms with Crippen molar-refractivity contribution >= 4 is 16.9 Å². The van der Waals surface area contributed by atoms with Gasteiger partial charge in [0, 0.05) is 6.42 Å². The summed E-state index contributed by atoms with van der Waals surface area (Å²) in [6, 6.07) is 10.1. The van der Waals surface area contributed by atoms with E-state index in [9.17, 15) is 9.59 Å². The van der Waals surface area contributed by atoms with E-state index in [1.54, 1.807) is 31.2 Å². The number of hydrogen-bond acceptors (Lipinski definition) is 6. The summed E-state index contributed by atoms with van der Waals surface area (Å²) >= 11 is 0. The Morgan fingerprint density at radius 3 is 2.59 bits per heavy atom. The number of esters is 1. The fourth-order valence-corrected chi connectivity index (χ4v) is 3.20. The predicted molar refractivity (Wildman–Crippen MR) is 99.6 cm³/mol. The van der Waals surface area contributed by atoms with Crippen molar-refractivity contribution in [2.24, 2.45) is 0 Å². The number of methoxy groups -OCH3 is 1. The number of carbonyl (C=O) groups is 1. The zero-order chi connectivity index (χ0) is 19.0. The minimum atomic E-state index is -0.482. The second-order valence-electron chi connectivity index (χ2n) is 6.28. The van der Waals surface area contributed by atoms with Crippen molar-refractivity contribution < 1.29 is 23.4 Å². The molecule has 6 heteroatoms. The van der Waals surface area contributed by atoms with Crippen LogP contribution in [0, 0.1) is 6.92 Å². The van der Waals surface area contributed by atoms with E-state index in [2.05, 4.69) is 0 Å². The molecule has 1 aromatic heterocycles. The van der Waals surface area contributed by atoms with Crippen molar-refractivity contribution in [2.45, 2.75) is 13.3 Å². The zero-order valence-corrected chi connectivity index (χ0v) is 15.0. The highest BCUT2D eigenvalue weighted by atomic mass is 16.5. The van der Waals surface area contributed by atoms with E-state index in [1.807, 2.05) is 6.07 Å². The lowest BCUT2D eigenvalue weighted by atomic mass is 10.0. The lowest BCUT2D eigenvalue weighted by Crippen LogP contribution is -2.09. The molecule has 0 radical (unpaired) electrons. The van der Waals surface area contributed by atoms with Crippen molar-refractivity contribution in [3.05, 3.63) is 57.9 Å². The zero-order valence-electron chi connectivity index (χ0n) is 15.0. The van der Waals surface area contributed by atoms with Crippen LogP contribution in [0.3, 0.4) is 0 Å². The third-order valence-electron chi connectivity index (χ3n) is 4.53. The third kappa shape index (κ3) is 3.03. The minimum absolute atomic E-state index is 0.167. The molecule has 1 aliphatic heterocycles. The first kappa shape index (κ1) is 17.1. The molecule has 2 aromatic carbocycles. The van der Waals surface area contributed by atoms with E-state index in [0.29, 0.717) is 58.1 Å². The van der Waals surface area contributed by atoms with Gasteiger partial charge in [-0.15, -0.1) is 0 Å². The van der Waals surface area contributed by atoms with Crippen LogP contribution in [0.1, 0.15) is 22.5 Å². The Balaban J connectivity index is 1.86. The maximum Gasteiger partial charge on any atom is 0.337 e. The first-order chi connectivity index (χ1) is 13.1. The van der Waals surface area contributed by atoms with Crippen LogP contribution in [-0.4, -0.2) is 26.3 Å². The van der Waals surface area contributed by atoms with Crippen LogP contribution in [-0.2, 0) is 4.74 Å². The molecule has 2 heterocycles. The van der Waals surface area contributed by atoms with Crippen LogP contribution in [0.4, 0.5) is 0 Å². The van der Waals surface area contributed by atoms with Gasteiger partial charge in [-0.3, -0.25) is 4.79 Å². The molecule has 6 nitrogen and oxygen atoms in total. The third-order valence-corrected chi connectivity index (χ3v) is 4.53. The molecule has 0 bridgehead atoms. The highest BCUT2D eigenvalue weighted by Crippen LogP contribution is 2.35. The molecule has 138 valence electrons. The van der Waals surface area contributed by atoms with Gasteiger partial charge in [-0.05, 0) is 42.8 Å². The molecule has 0 N–H and O–H groups in total. The minimum Gasteiger partial charge on any atom is -0.490 e. The summed E-state index contributed by atoms with van der Waals surface area (Å²) in [4.78, 5) is 24.8. The van der Waals surface area contributed by atoms with Crippen LogP contribution in [0.5, 0.6) is 11.5 Å². The summed E-state index contributed by atoms with van der Waals surface area (Å²) in [5.74, 6) is 1.26. The van der Waals surface area contributed by atoms with Crippen LogP contribution in [0.25, 0.3) is 22.1 Å². The van der Waals surface area contributed by atoms with Gasteiger partial charge < -0.3 is 18.6 Å². The molecular weight excluding hydrogens is 348 g/mol. The molecule has 0 saturated carbocycles. The van der Waals surface area contributed by atoms with E-state index < -0.39 is 5.97 Å². The highest BCUT2D eigenvalue weighted by molar-refractivity contribution is 5.94. The van der Waals surface area contributed by atoms with Gasteiger partial charge in [-0.25, -0.2) is 4.79 Å². The quantitative estimate of drug-likeness (QED) is 0.644. The van der Waals surface area contributed by atoms with Crippen LogP contribution < -0.4 is 14.9 Å². The van der Waals surface area contributed by atoms with Gasteiger partial charge in [0.1, 0.15) is 11.3 Å². The molecule has 0 atom stereocenters. The first-order valence-corrected chi connectivity index (χ1v) is 8.64. The maximum atomic E-state index is 13.1. The fourth-order valence-electron chi connectivity index (χ4n) is 3.20. The molecule has 0 saturated heterocycles. The topological polar surface area (TPSA) is 75.0 Å². The van der Waals surface area contributed by atoms with E-state index in [4.69, 9.17) is 18.6 Å². The molecular formula is C21H18O6. The molecule has 1 aliphatic rings. The number of aryl methyl sites for hydroxylation is 1. The Kier molecular flexibility index (Phi) is 4.32. The molecule has 0 fully saturated rings. The lowest BCUT2D eigenvalue weighted by molar-refractivity contribution is 0.0600. The summed E-state index contributed by atoms with van der Waals surface area (Å²) in [5.41, 5.74) is 1.67. The van der Waals surface area contributed by atoms with Gasteiger partial charge in [0.2, 0.25) is 5.43 Å². The summed E-state index contributed by atoms with van der Waals surface area (Å²) in [5, 5.41) is 0.398. The number of rotatable bonds is 2. The number of ether oxygens (including phenoxy) is 3. The van der Waals surface area contributed by atoms with Gasteiger partial charge in [0.05, 0.1) is 36.8 Å². The molecule has 0 amide bonds. The van der Waals surface area contributed by atoms with Crippen LogP contribution in [0.15, 0.2) is 45.6 Å². The van der Waals surface area contributed by atoms with Gasteiger partial charge in [0.15, 0.2) is 11.5 Å². The van der Waals surface area contributed by atoms with Gasteiger partial charge >= 0.3 is 5.97 Å². The van der Waals surface area contributed by atoms with E-state index >= 15 is 0 Å². The second kappa shape index (κ2) is 6.79.